The van der Waals surface area contributed by atoms with Gasteiger partial charge in [0.2, 0.25) is 0 Å². The number of aryl methyl sites for hydroxylation is 3. The molecule has 1 heterocycles. The summed E-state index contributed by atoms with van der Waals surface area (Å²) in [5.74, 6) is 0.525. The van der Waals surface area contributed by atoms with E-state index in [1.165, 1.54) is 0 Å². The quantitative estimate of drug-likeness (QED) is 0.329. The molecule has 0 aliphatic carbocycles. The first-order valence-electron chi connectivity index (χ1n) is 11.2. The van der Waals surface area contributed by atoms with Crippen LogP contribution in [0.25, 0.3) is 10.4 Å². The average molecular weight is 494 g/mol. The normalized spacial score (nSPS) is 12.7. The minimum atomic E-state index is -4.57. The van der Waals surface area contributed by atoms with E-state index in [9.17, 15) is 18.3 Å². The Morgan fingerprint density at radius 1 is 1.06 bits per heavy atom. The van der Waals surface area contributed by atoms with Crippen LogP contribution in [0.3, 0.4) is 0 Å². The molecule has 0 amide bonds. The van der Waals surface area contributed by atoms with Gasteiger partial charge in [-0.05, 0) is 86.5 Å². The maximum absolute atomic E-state index is 13.7. The summed E-state index contributed by atoms with van der Waals surface area (Å²) in [5.41, 5.74) is 4.68. The SMILES string of the molecule is CCOC(O)CCc1ccc(OCc2c(C(F)(F)F)nsc2-c2ccc(C)cc2C)c(C)c1C. The van der Waals surface area contributed by atoms with Gasteiger partial charge in [0.25, 0.3) is 0 Å². The smallest absolute Gasteiger partial charge is 0.434 e. The van der Waals surface area contributed by atoms with Crippen molar-refractivity contribution in [1.82, 2.24) is 4.37 Å². The van der Waals surface area contributed by atoms with Gasteiger partial charge >= 0.3 is 6.18 Å². The fourth-order valence-corrected chi connectivity index (χ4v) is 4.92. The molecule has 8 heteroatoms. The van der Waals surface area contributed by atoms with Crippen LogP contribution in [0, 0.1) is 27.7 Å². The Balaban J connectivity index is 1.87. The second-order valence-electron chi connectivity index (χ2n) is 8.37. The molecule has 0 radical (unpaired) electrons. The Bertz CT molecular complexity index is 1140. The number of nitrogens with zero attached hydrogens (tertiary/aromatic N) is 1. The molecule has 184 valence electrons. The van der Waals surface area contributed by atoms with E-state index >= 15 is 0 Å². The highest BCUT2D eigenvalue weighted by Gasteiger charge is 2.38. The third-order valence-corrected chi connectivity index (χ3v) is 6.85. The molecule has 1 atom stereocenters. The third kappa shape index (κ3) is 5.98. The molecule has 1 unspecified atom stereocenters. The summed E-state index contributed by atoms with van der Waals surface area (Å²) in [6.45, 7) is 9.68. The molecular weight excluding hydrogens is 463 g/mol. The largest absolute Gasteiger partial charge is 0.488 e. The summed E-state index contributed by atoms with van der Waals surface area (Å²) in [6, 6.07) is 9.32. The van der Waals surface area contributed by atoms with E-state index in [1.807, 2.05) is 58.9 Å². The number of rotatable bonds is 9. The highest BCUT2D eigenvalue weighted by Crippen LogP contribution is 2.41. The van der Waals surface area contributed by atoms with Crippen molar-refractivity contribution in [3.05, 3.63) is 69.4 Å². The molecule has 0 bridgehead atoms. The van der Waals surface area contributed by atoms with E-state index in [0.29, 0.717) is 30.1 Å². The van der Waals surface area contributed by atoms with Crippen LogP contribution in [0.1, 0.15) is 52.4 Å². The molecule has 0 saturated carbocycles. The maximum atomic E-state index is 13.7. The van der Waals surface area contributed by atoms with E-state index in [2.05, 4.69) is 4.37 Å². The zero-order valence-electron chi connectivity index (χ0n) is 20.0. The lowest BCUT2D eigenvalue weighted by atomic mass is 9.98. The lowest BCUT2D eigenvalue weighted by Crippen LogP contribution is -2.13. The first-order chi connectivity index (χ1) is 16.0. The molecule has 3 aromatic rings. The van der Waals surface area contributed by atoms with Crippen molar-refractivity contribution < 1.29 is 27.8 Å². The molecular formula is C26H30F3NO3S. The Hall–Kier alpha value is -2.42. The van der Waals surface area contributed by atoms with E-state index in [4.69, 9.17) is 9.47 Å². The Morgan fingerprint density at radius 3 is 2.44 bits per heavy atom. The van der Waals surface area contributed by atoms with Gasteiger partial charge in [-0.1, -0.05) is 29.8 Å². The Labute approximate surface area is 202 Å². The lowest BCUT2D eigenvalue weighted by molar-refractivity contribution is -0.141. The molecule has 0 fully saturated rings. The van der Waals surface area contributed by atoms with Crippen molar-refractivity contribution in [3.63, 3.8) is 0 Å². The summed E-state index contributed by atoms with van der Waals surface area (Å²) < 4.78 is 56.0. The molecule has 2 aromatic carbocycles. The van der Waals surface area contributed by atoms with Gasteiger partial charge in [0.15, 0.2) is 12.0 Å². The standard InChI is InChI=1S/C26H30F3NO3S/c1-6-32-23(31)12-9-19-8-11-22(18(5)17(19)4)33-14-21-24(34-30-25(21)26(27,28)29)20-10-7-15(2)13-16(20)3/h7-8,10-11,13,23,31H,6,9,12,14H2,1-5H3. The zero-order valence-corrected chi connectivity index (χ0v) is 20.9. The van der Waals surface area contributed by atoms with Crippen LogP contribution in [0.15, 0.2) is 30.3 Å². The average Bonchev–Trinajstić information content (AvgIpc) is 3.18. The van der Waals surface area contributed by atoms with Gasteiger partial charge < -0.3 is 14.6 Å². The molecule has 0 spiro atoms. The molecule has 4 nitrogen and oxygen atoms in total. The number of aliphatic hydroxyl groups is 1. The molecule has 0 saturated heterocycles. The summed E-state index contributed by atoms with van der Waals surface area (Å²) in [5, 5.41) is 9.82. The summed E-state index contributed by atoms with van der Waals surface area (Å²) in [4.78, 5) is 0.473. The fourth-order valence-electron chi connectivity index (χ4n) is 3.93. The van der Waals surface area contributed by atoms with E-state index < -0.39 is 18.2 Å². The van der Waals surface area contributed by atoms with Crippen molar-refractivity contribution in [1.29, 1.82) is 0 Å². The van der Waals surface area contributed by atoms with Crippen LogP contribution in [-0.4, -0.2) is 22.4 Å². The van der Waals surface area contributed by atoms with Gasteiger partial charge in [-0.25, -0.2) is 0 Å². The minimum Gasteiger partial charge on any atom is -0.488 e. The van der Waals surface area contributed by atoms with Crippen molar-refractivity contribution in [2.45, 2.75) is 66.5 Å². The number of halogens is 3. The number of aromatic nitrogens is 1. The number of aliphatic hydroxyl groups excluding tert-OH is 1. The monoisotopic (exact) mass is 493 g/mol. The maximum Gasteiger partial charge on any atom is 0.434 e. The van der Waals surface area contributed by atoms with Gasteiger partial charge in [0.05, 0.1) is 4.88 Å². The van der Waals surface area contributed by atoms with Gasteiger partial charge in [-0.15, -0.1) is 0 Å². The Kier molecular flexibility index (Phi) is 8.38. The highest BCUT2D eigenvalue weighted by atomic mass is 32.1. The highest BCUT2D eigenvalue weighted by molar-refractivity contribution is 7.09. The lowest BCUT2D eigenvalue weighted by Gasteiger charge is -2.17. The van der Waals surface area contributed by atoms with Crippen LogP contribution in [-0.2, 0) is 23.9 Å². The van der Waals surface area contributed by atoms with Crippen LogP contribution in [0.4, 0.5) is 13.2 Å². The van der Waals surface area contributed by atoms with Crippen LogP contribution < -0.4 is 4.74 Å². The van der Waals surface area contributed by atoms with Crippen molar-refractivity contribution in [2.75, 3.05) is 6.61 Å². The summed E-state index contributed by atoms with van der Waals surface area (Å²) >= 11 is 0.849. The van der Waals surface area contributed by atoms with Crippen LogP contribution >= 0.6 is 11.5 Å². The first-order valence-corrected chi connectivity index (χ1v) is 11.9. The molecule has 0 aliphatic rings. The Morgan fingerprint density at radius 2 is 1.79 bits per heavy atom. The van der Waals surface area contributed by atoms with Crippen LogP contribution in [0.5, 0.6) is 5.75 Å². The van der Waals surface area contributed by atoms with E-state index in [1.54, 1.807) is 6.07 Å². The molecule has 1 aromatic heterocycles. The molecule has 1 N–H and O–H groups in total. The van der Waals surface area contributed by atoms with Gasteiger partial charge in [-0.2, -0.15) is 17.5 Å². The van der Waals surface area contributed by atoms with E-state index in [-0.39, 0.29) is 12.2 Å². The second kappa shape index (κ2) is 10.9. The summed E-state index contributed by atoms with van der Waals surface area (Å²) in [6.07, 6.45) is -4.31. The van der Waals surface area contributed by atoms with E-state index in [0.717, 1.165) is 44.9 Å². The summed E-state index contributed by atoms with van der Waals surface area (Å²) in [7, 11) is 0. The molecule has 34 heavy (non-hydrogen) atoms. The molecule has 3 rings (SSSR count). The van der Waals surface area contributed by atoms with Crippen molar-refractivity contribution >= 4 is 11.5 Å². The third-order valence-electron chi connectivity index (χ3n) is 5.92. The van der Waals surface area contributed by atoms with Crippen molar-refractivity contribution in [3.8, 4) is 16.2 Å². The number of alkyl halides is 3. The fraction of sp³-hybridized carbons (Fsp3) is 0.423. The van der Waals surface area contributed by atoms with Crippen LogP contribution in [0.2, 0.25) is 0 Å². The molecule has 0 aliphatic heterocycles. The van der Waals surface area contributed by atoms with Gasteiger partial charge in [-0.3, -0.25) is 0 Å². The predicted molar refractivity (Wildman–Crippen MR) is 128 cm³/mol. The number of hydrogen-bond donors (Lipinski definition) is 1. The number of hydrogen-bond acceptors (Lipinski definition) is 5. The first kappa shape index (κ1) is 26.2. The minimum absolute atomic E-state index is 0.0467. The predicted octanol–water partition coefficient (Wildman–Crippen LogP) is 6.93. The zero-order chi connectivity index (χ0) is 25.0. The van der Waals surface area contributed by atoms with Gasteiger partial charge in [0, 0.05) is 18.6 Å². The second-order valence-corrected chi connectivity index (χ2v) is 9.14. The number of benzene rings is 2. The van der Waals surface area contributed by atoms with Crippen molar-refractivity contribution in [2.24, 2.45) is 0 Å². The topological polar surface area (TPSA) is 51.6 Å². The van der Waals surface area contributed by atoms with Gasteiger partial charge in [0.1, 0.15) is 12.4 Å². The number of ether oxygens (including phenoxy) is 2.